The predicted octanol–water partition coefficient (Wildman–Crippen LogP) is 3.42. The highest BCUT2D eigenvalue weighted by Crippen LogP contribution is 2.20. The number of hydrogen-bond donors (Lipinski definition) is 1. The van der Waals surface area contributed by atoms with Gasteiger partial charge in [0, 0.05) is 32.7 Å². The lowest BCUT2D eigenvalue weighted by molar-refractivity contribution is 0.198. The van der Waals surface area contributed by atoms with Crippen LogP contribution in [0, 0.1) is 5.92 Å². The summed E-state index contributed by atoms with van der Waals surface area (Å²) in [7, 11) is 0. The van der Waals surface area contributed by atoms with Crippen LogP contribution in [0.25, 0.3) is 0 Å². The minimum atomic E-state index is 0.825. The predicted molar refractivity (Wildman–Crippen MR) is 120 cm³/mol. The van der Waals surface area contributed by atoms with Gasteiger partial charge >= 0.3 is 0 Å². The highest BCUT2D eigenvalue weighted by atomic mass is 15.3. The van der Waals surface area contributed by atoms with Crippen molar-refractivity contribution >= 4 is 5.96 Å². The molecule has 28 heavy (non-hydrogen) atoms. The number of piperidine rings is 2. The molecule has 0 radical (unpaired) electrons. The second-order valence-electron chi connectivity index (χ2n) is 9.16. The van der Waals surface area contributed by atoms with E-state index >= 15 is 0 Å². The van der Waals surface area contributed by atoms with Gasteiger partial charge in [-0.05, 0) is 90.5 Å². The molecule has 3 saturated heterocycles. The summed E-state index contributed by atoms with van der Waals surface area (Å²) in [6, 6.07) is 0. The molecule has 3 aliphatic rings. The molecule has 3 aliphatic heterocycles. The van der Waals surface area contributed by atoms with Gasteiger partial charge in [0.15, 0.2) is 5.96 Å². The molecule has 0 aromatic heterocycles. The molecule has 0 spiro atoms. The number of hydrogen-bond acceptors (Lipinski definition) is 3. The third-order valence-corrected chi connectivity index (χ3v) is 6.73. The average molecular weight is 392 g/mol. The fraction of sp³-hybridized carbons (Fsp3) is 0.957. The highest BCUT2D eigenvalue weighted by molar-refractivity contribution is 5.80. The first kappa shape index (κ1) is 21.9. The zero-order valence-electron chi connectivity index (χ0n) is 18.5. The molecule has 0 bridgehead atoms. The van der Waals surface area contributed by atoms with Gasteiger partial charge < -0.3 is 20.0 Å². The maximum absolute atomic E-state index is 4.97. The van der Waals surface area contributed by atoms with Gasteiger partial charge in [0.25, 0.3) is 0 Å². The maximum atomic E-state index is 4.97. The van der Waals surface area contributed by atoms with E-state index in [1.54, 1.807) is 0 Å². The van der Waals surface area contributed by atoms with Gasteiger partial charge in [-0.15, -0.1) is 0 Å². The number of likely N-dealkylation sites (tertiary alicyclic amines) is 3. The summed E-state index contributed by atoms with van der Waals surface area (Å²) >= 11 is 0. The third kappa shape index (κ3) is 7.55. The minimum Gasteiger partial charge on any atom is -0.357 e. The molecule has 1 unspecified atom stereocenters. The Morgan fingerprint density at radius 3 is 2.29 bits per heavy atom. The van der Waals surface area contributed by atoms with E-state index in [0.717, 1.165) is 19.0 Å². The molecular formula is C23H45N5. The Kier molecular flexibility index (Phi) is 9.92. The second kappa shape index (κ2) is 12.7. The highest BCUT2D eigenvalue weighted by Gasteiger charge is 2.26. The summed E-state index contributed by atoms with van der Waals surface area (Å²) < 4.78 is 0. The summed E-state index contributed by atoms with van der Waals surface area (Å²) in [5.74, 6) is 1.99. The minimum absolute atomic E-state index is 0.825. The van der Waals surface area contributed by atoms with E-state index in [2.05, 4.69) is 26.9 Å². The number of guanidine groups is 1. The summed E-state index contributed by atoms with van der Waals surface area (Å²) in [6.45, 7) is 14.4. The van der Waals surface area contributed by atoms with E-state index in [1.807, 2.05) is 0 Å². The third-order valence-electron chi connectivity index (χ3n) is 6.73. The fourth-order valence-corrected chi connectivity index (χ4v) is 5.10. The first-order valence-electron chi connectivity index (χ1n) is 12.3. The van der Waals surface area contributed by atoms with Gasteiger partial charge in [0.1, 0.15) is 0 Å². The molecule has 0 amide bonds. The van der Waals surface area contributed by atoms with Gasteiger partial charge in [-0.1, -0.05) is 19.3 Å². The topological polar surface area (TPSA) is 34.1 Å². The van der Waals surface area contributed by atoms with Crippen molar-refractivity contribution in [1.82, 2.24) is 20.0 Å². The van der Waals surface area contributed by atoms with Crippen LogP contribution in [-0.2, 0) is 0 Å². The van der Waals surface area contributed by atoms with Crippen molar-refractivity contribution in [2.45, 2.75) is 71.1 Å². The van der Waals surface area contributed by atoms with E-state index in [4.69, 9.17) is 4.99 Å². The van der Waals surface area contributed by atoms with Crippen molar-refractivity contribution in [3.63, 3.8) is 0 Å². The van der Waals surface area contributed by atoms with Gasteiger partial charge in [0.2, 0.25) is 0 Å². The zero-order chi connectivity index (χ0) is 19.4. The lowest BCUT2D eigenvalue weighted by atomic mass is 10.1. The maximum Gasteiger partial charge on any atom is 0.193 e. The molecule has 1 N–H and O–H groups in total. The molecule has 5 heteroatoms. The summed E-state index contributed by atoms with van der Waals surface area (Å²) in [4.78, 5) is 12.8. The number of unbranched alkanes of at least 4 members (excludes halogenated alkanes) is 2. The molecule has 3 fully saturated rings. The molecule has 0 aromatic rings. The van der Waals surface area contributed by atoms with Crippen molar-refractivity contribution in [3.8, 4) is 0 Å². The van der Waals surface area contributed by atoms with Crippen LogP contribution in [0.15, 0.2) is 4.99 Å². The Bertz CT molecular complexity index is 440. The number of rotatable bonds is 9. The molecule has 3 heterocycles. The van der Waals surface area contributed by atoms with Gasteiger partial charge in [-0.3, -0.25) is 4.99 Å². The lowest BCUT2D eigenvalue weighted by Gasteiger charge is -2.29. The van der Waals surface area contributed by atoms with Crippen LogP contribution in [0.1, 0.15) is 71.1 Å². The van der Waals surface area contributed by atoms with Crippen LogP contribution in [0.5, 0.6) is 0 Å². The van der Waals surface area contributed by atoms with E-state index in [-0.39, 0.29) is 0 Å². The van der Waals surface area contributed by atoms with Crippen LogP contribution >= 0.6 is 0 Å². The number of nitrogens with zero attached hydrogens (tertiary/aromatic N) is 4. The van der Waals surface area contributed by atoms with Crippen LogP contribution in [-0.4, -0.2) is 86.1 Å². The second-order valence-corrected chi connectivity index (χ2v) is 9.16. The Hall–Kier alpha value is -0.810. The van der Waals surface area contributed by atoms with Gasteiger partial charge in [-0.25, -0.2) is 0 Å². The Balaban J connectivity index is 1.32. The van der Waals surface area contributed by atoms with Crippen molar-refractivity contribution in [2.24, 2.45) is 10.9 Å². The van der Waals surface area contributed by atoms with Gasteiger partial charge in [0.05, 0.1) is 0 Å². The Morgan fingerprint density at radius 1 is 0.857 bits per heavy atom. The van der Waals surface area contributed by atoms with Crippen molar-refractivity contribution in [3.05, 3.63) is 0 Å². The van der Waals surface area contributed by atoms with E-state index in [0.29, 0.717) is 0 Å². The zero-order valence-corrected chi connectivity index (χ0v) is 18.5. The first-order chi connectivity index (χ1) is 13.8. The van der Waals surface area contributed by atoms with Crippen LogP contribution < -0.4 is 5.32 Å². The molecule has 3 rings (SSSR count). The molecule has 0 aliphatic carbocycles. The quantitative estimate of drug-likeness (QED) is 0.371. The Morgan fingerprint density at radius 2 is 1.57 bits per heavy atom. The van der Waals surface area contributed by atoms with Crippen LogP contribution in [0.2, 0.25) is 0 Å². The van der Waals surface area contributed by atoms with Crippen molar-refractivity contribution < 1.29 is 0 Å². The van der Waals surface area contributed by atoms with Gasteiger partial charge in [-0.2, -0.15) is 0 Å². The monoisotopic (exact) mass is 391 g/mol. The first-order valence-corrected chi connectivity index (χ1v) is 12.3. The van der Waals surface area contributed by atoms with Crippen LogP contribution in [0.3, 0.4) is 0 Å². The summed E-state index contributed by atoms with van der Waals surface area (Å²) in [6.07, 6.45) is 13.7. The molecular weight excluding hydrogens is 346 g/mol. The molecule has 162 valence electrons. The normalized spacial score (nSPS) is 25.4. The molecule has 5 nitrogen and oxygen atoms in total. The van der Waals surface area contributed by atoms with Crippen molar-refractivity contribution in [1.29, 1.82) is 0 Å². The van der Waals surface area contributed by atoms with Crippen LogP contribution in [0.4, 0.5) is 0 Å². The number of nitrogens with one attached hydrogen (secondary N) is 1. The largest absolute Gasteiger partial charge is 0.357 e. The van der Waals surface area contributed by atoms with Crippen molar-refractivity contribution in [2.75, 3.05) is 65.4 Å². The summed E-state index contributed by atoms with van der Waals surface area (Å²) in [5, 5.41) is 3.55. The molecule has 1 atom stereocenters. The molecule has 0 aromatic carbocycles. The smallest absolute Gasteiger partial charge is 0.193 e. The standard InChI is InChI=1S/C23H45N5/c1-2-24-23(25-13-6-3-7-14-26-15-8-4-9-16-26)28-19-12-22(21-28)20-27-17-10-5-11-18-27/h22H,2-21H2,1H3,(H,24,25). The average Bonchev–Trinajstić information content (AvgIpc) is 3.19. The van der Waals surface area contributed by atoms with E-state index < -0.39 is 0 Å². The fourth-order valence-electron chi connectivity index (χ4n) is 5.10. The molecule has 0 saturated carbocycles. The lowest BCUT2D eigenvalue weighted by Crippen LogP contribution is -2.41. The Labute approximate surface area is 173 Å². The number of aliphatic imine (C=N–C) groups is 1. The van der Waals surface area contributed by atoms with E-state index in [9.17, 15) is 0 Å². The van der Waals surface area contributed by atoms with E-state index in [1.165, 1.54) is 123 Å². The summed E-state index contributed by atoms with van der Waals surface area (Å²) in [5.41, 5.74) is 0. The SMILES string of the molecule is CCNC(=NCCCCCN1CCCCC1)N1CCC(CN2CCCCC2)C1.